The van der Waals surface area contributed by atoms with Crippen LogP contribution in [0.3, 0.4) is 0 Å². The summed E-state index contributed by atoms with van der Waals surface area (Å²) in [6.07, 6.45) is 4.60. The van der Waals surface area contributed by atoms with Gasteiger partial charge in [-0.3, -0.25) is 9.78 Å². The molecule has 0 fully saturated rings. The smallest absolute Gasteiger partial charge is 0.227 e. The van der Waals surface area contributed by atoms with Crippen LogP contribution in [0, 0.1) is 6.92 Å². The third-order valence-corrected chi connectivity index (χ3v) is 3.45. The molecule has 0 radical (unpaired) electrons. The van der Waals surface area contributed by atoms with Crippen LogP contribution < -0.4 is 4.90 Å². The molecule has 2 rings (SSSR count). The number of benzene rings is 1. The van der Waals surface area contributed by atoms with Crippen LogP contribution in [0.25, 0.3) is 0 Å². The molecule has 0 aliphatic carbocycles. The van der Waals surface area contributed by atoms with Gasteiger partial charge < -0.3 is 10.0 Å². The lowest BCUT2D eigenvalue weighted by Crippen LogP contribution is -2.31. The minimum absolute atomic E-state index is 0.0510. The first kappa shape index (κ1) is 15.0. The lowest BCUT2D eigenvalue weighted by Gasteiger charge is -2.23. The van der Waals surface area contributed by atoms with E-state index in [4.69, 9.17) is 0 Å². The summed E-state index contributed by atoms with van der Waals surface area (Å²) in [6.45, 7) is 4.45. The second-order valence-electron chi connectivity index (χ2n) is 4.97. The summed E-state index contributed by atoms with van der Waals surface area (Å²) in [5.41, 5.74) is 2.80. The predicted octanol–water partition coefficient (Wildman–Crippen LogP) is 3.08. The molecule has 0 bridgehead atoms. The molecule has 0 saturated heterocycles. The van der Waals surface area contributed by atoms with E-state index in [0.717, 1.165) is 16.8 Å². The maximum Gasteiger partial charge on any atom is 0.227 e. The first-order valence-electron chi connectivity index (χ1n) is 7.10. The highest BCUT2D eigenvalue weighted by atomic mass is 16.3. The number of carbonyl (C=O) groups excluding carboxylic acids is 1. The van der Waals surface area contributed by atoms with Crippen LogP contribution in [0.5, 0.6) is 5.75 Å². The summed E-state index contributed by atoms with van der Waals surface area (Å²) >= 11 is 0. The monoisotopic (exact) mass is 284 g/mol. The number of pyridine rings is 1. The average Bonchev–Trinajstić information content (AvgIpc) is 2.50. The number of nitrogens with zero attached hydrogens (tertiary/aromatic N) is 2. The summed E-state index contributed by atoms with van der Waals surface area (Å²) in [6, 6.07) is 8.93. The first-order valence-corrected chi connectivity index (χ1v) is 7.10. The fourth-order valence-electron chi connectivity index (χ4n) is 2.30. The second-order valence-corrected chi connectivity index (χ2v) is 4.97. The number of amides is 1. The fraction of sp³-hybridized carbons (Fsp3) is 0.294. The van der Waals surface area contributed by atoms with Crippen molar-refractivity contribution in [3.8, 4) is 5.75 Å². The number of phenolic OH excluding ortho intramolecular Hbond substituents is 1. The predicted molar refractivity (Wildman–Crippen MR) is 83.4 cm³/mol. The van der Waals surface area contributed by atoms with E-state index in [0.29, 0.717) is 19.4 Å². The second kappa shape index (κ2) is 6.88. The van der Waals surface area contributed by atoms with Crippen molar-refractivity contribution in [2.75, 3.05) is 11.4 Å². The topological polar surface area (TPSA) is 53.4 Å². The number of phenols is 1. The Morgan fingerprint density at radius 3 is 2.81 bits per heavy atom. The van der Waals surface area contributed by atoms with Gasteiger partial charge in [0.2, 0.25) is 5.91 Å². The molecule has 1 aromatic carbocycles. The molecule has 0 aliphatic rings. The number of aromatic nitrogens is 1. The Bertz CT molecular complexity index is 611. The van der Waals surface area contributed by atoms with Crippen molar-refractivity contribution in [1.29, 1.82) is 0 Å². The molecule has 0 aliphatic heterocycles. The lowest BCUT2D eigenvalue weighted by molar-refractivity contribution is -0.118. The summed E-state index contributed by atoms with van der Waals surface area (Å²) in [5.74, 6) is 0.226. The van der Waals surface area contributed by atoms with Crippen LogP contribution >= 0.6 is 0 Å². The van der Waals surface area contributed by atoms with Gasteiger partial charge in [0.25, 0.3) is 0 Å². The van der Waals surface area contributed by atoms with Gasteiger partial charge in [-0.25, -0.2) is 0 Å². The van der Waals surface area contributed by atoms with E-state index in [1.807, 2.05) is 32.0 Å². The van der Waals surface area contributed by atoms with Gasteiger partial charge in [0, 0.05) is 31.4 Å². The van der Waals surface area contributed by atoms with E-state index < -0.39 is 0 Å². The van der Waals surface area contributed by atoms with Crippen molar-refractivity contribution in [1.82, 2.24) is 4.98 Å². The Morgan fingerprint density at radius 1 is 1.33 bits per heavy atom. The normalized spacial score (nSPS) is 10.4. The van der Waals surface area contributed by atoms with Gasteiger partial charge in [0.05, 0.1) is 5.69 Å². The molecule has 4 heteroatoms. The molecule has 1 N–H and O–H groups in total. The molecule has 110 valence electrons. The maximum absolute atomic E-state index is 12.4. The minimum atomic E-state index is 0.0510. The zero-order valence-electron chi connectivity index (χ0n) is 12.4. The van der Waals surface area contributed by atoms with Crippen LogP contribution in [0.2, 0.25) is 0 Å². The Balaban J connectivity index is 2.10. The highest BCUT2D eigenvalue weighted by molar-refractivity contribution is 5.94. The molecule has 1 heterocycles. The number of hydrogen-bond donors (Lipinski definition) is 1. The standard InChI is InChI=1S/C17H20N2O2/c1-3-19(16-11-15(20)8-6-13(16)2)17(21)9-7-14-5-4-10-18-12-14/h4-6,8,10-12,20H,3,7,9H2,1-2H3. The summed E-state index contributed by atoms with van der Waals surface area (Å²) in [4.78, 5) is 18.2. The van der Waals surface area contributed by atoms with Crippen LogP contribution in [0.4, 0.5) is 5.69 Å². The molecule has 1 aromatic heterocycles. The van der Waals surface area contributed by atoms with Crippen molar-refractivity contribution >= 4 is 11.6 Å². The number of hydrogen-bond acceptors (Lipinski definition) is 3. The van der Waals surface area contributed by atoms with Gasteiger partial charge >= 0.3 is 0 Å². The molecule has 0 spiro atoms. The van der Waals surface area contributed by atoms with E-state index in [1.165, 1.54) is 0 Å². The van der Waals surface area contributed by atoms with Crippen molar-refractivity contribution in [3.63, 3.8) is 0 Å². The van der Waals surface area contributed by atoms with Gasteiger partial charge in [0.1, 0.15) is 5.75 Å². The quantitative estimate of drug-likeness (QED) is 0.918. The van der Waals surface area contributed by atoms with E-state index in [1.54, 1.807) is 29.4 Å². The number of aromatic hydroxyl groups is 1. The zero-order chi connectivity index (χ0) is 15.2. The fourth-order valence-corrected chi connectivity index (χ4v) is 2.30. The third kappa shape index (κ3) is 3.81. The third-order valence-electron chi connectivity index (χ3n) is 3.45. The molecule has 0 saturated carbocycles. The molecule has 21 heavy (non-hydrogen) atoms. The van der Waals surface area contributed by atoms with Crippen molar-refractivity contribution in [2.24, 2.45) is 0 Å². The molecule has 4 nitrogen and oxygen atoms in total. The average molecular weight is 284 g/mol. The van der Waals surface area contributed by atoms with Gasteiger partial charge in [-0.15, -0.1) is 0 Å². The maximum atomic E-state index is 12.4. The highest BCUT2D eigenvalue weighted by Crippen LogP contribution is 2.25. The van der Waals surface area contributed by atoms with Gasteiger partial charge in [-0.1, -0.05) is 12.1 Å². The van der Waals surface area contributed by atoms with Crippen molar-refractivity contribution in [2.45, 2.75) is 26.7 Å². The molecule has 2 aromatic rings. The Morgan fingerprint density at radius 2 is 2.14 bits per heavy atom. The first-order chi connectivity index (χ1) is 10.1. The number of anilines is 1. The Hall–Kier alpha value is -2.36. The van der Waals surface area contributed by atoms with Gasteiger partial charge in [-0.2, -0.15) is 0 Å². The largest absolute Gasteiger partial charge is 0.508 e. The SMILES string of the molecule is CCN(C(=O)CCc1cccnc1)c1cc(O)ccc1C. The van der Waals surface area contributed by atoms with E-state index in [2.05, 4.69) is 4.98 Å². The molecule has 0 atom stereocenters. The number of carbonyl (C=O) groups is 1. The van der Waals surface area contributed by atoms with Crippen LogP contribution in [-0.2, 0) is 11.2 Å². The highest BCUT2D eigenvalue weighted by Gasteiger charge is 2.16. The number of aryl methyl sites for hydroxylation is 2. The van der Waals surface area contributed by atoms with Crippen molar-refractivity contribution in [3.05, 3.63) is 53.9 Å². The molecule has 0 unspecified atom stereocenters. The minimum Gasteiger partial charge on any atom is -0.508 e. The van der Waals surface area contributed by atoms with Crippen LogP contribution in [0.15, 0.2) is 42.7 Å². The van der Waals surface area contributed by atoms with Crippen LogP contribution in [0.1, 0.15) is 24.5 Å². The van der Waals surface area contributed by atoms with Crippen molar-refractivity contribution < 1.29 is 9.90 Å². The Labute approximate surface area is 125 Å². The Kier molecular flexibility index (Phi) is 4.93. The van der Waals surface area contributed by atoms with Gasteiger partial charge in [0.15, 0.2) is 0 Å². The van der Waals surface area contributed by atoms with Gasteiger partial charge in [-0.05, 0) is 43.5 Å². The van der Waals surface area contributed by atoms with Crippen LogP contribution in [-0.4, -0.2) is 22.5 Å². The zero-order valence-corrected chi connectivity index (χ0v) is 12.4. The lowest BCUT2D eigenvalue weighted by atomic mass is 10.1. The molecule has 1 amide bonds. The van der Waals surface area contributed by atoms with E-state index in [9.17, 15) is 9.90 Å². The van der Waals surface area contributed by atoms with E-state index in [-0.39, 0.29) is 11.7 Å². The molecular weight excluding hydrogens is 264 g/mol. The summed E-state index contributed by atoms with van der Waals surface area (Å²) in [5, 5.41) is 9.63. The summed E-state index contributed by atoms with van der Waals surface area (Å²) in [7, 11) is 0. The number of rotatable bonds is 5. The van der Waals surface area contributed by atoms with E-state index >= 15 is 0 Å². The summed E-state index contributed by atoms with van der Waals surface area (Å²) < 4.78 is 0. The molecular formula is C17H20N2O2.